The van der Waals surface area contributed by atoms with Gasteiger partial charge in [-0.15, -0.1) is 11.3 Å². The quantitative estimate of drug-likeness (QED) is 0.272. The molecule has 5 aromatic carbocycles. The molecule has 0 N–H and O–H groups in total. The fourth-order valence-electron chi connectivity index (χ4n) is 4.33. The molecule has 1 heterocycles. The molecule has 6 aromatic rings. The van der Waals surface area contributed by atoms with Gasteiger partial charge in [0.1, 0.15) is 0 Å². The third kappa shape index (κ3) is 3.24. The van der Waals surface area contributed by atoms with Gasteiger partial charge in [0, 0.05) is 20.2 Å². The van der Waals surface area contributed by atoms with Crippen LogP contribution in [-0.4, -0.2) is 0 Å². The Morgan fingerprint density at radius 2 is 1.00 bits per heavy atom. The average Bonchev–Trinajstić information content (AvgIpc) is 3.23. The molecule has 0 atom stereocenters. The van der Waals surface area contributed by atoms with Gasteiger partial charge in [-0.05, 0) is 51.6 Å². The summed E-state index contributed by atoms with van der Waals surface area (Å²) in [5, 5.41) is 2.67. The van der Waals surface area contributed by atoms with Crippen LogP contribution >= 0.6 is 11.3 Å². The number of hydrogen-bond donors (Lipinski definition) is 0. The second kappa shape index (κ2) is 7.54. The summed E-state index contributed by atoms with van der Waals surface area (Å²) in [6.45, 7) is 0. The molecule has 0 bridgehead atoms. The van der Waals surface area contributed by atoms with Crippen LogP contribution in [0.15, 0.2) is 121 Å². The van der Waals surface area contributed by atoms with Crippen molar-refractivity contribution in [2.45, 2.75) is 0 Å². The van der Waals surface area contributed by atoms with Gasteiger partial charge in [0.05, 0.1) is 0 Å². The van der Waals surface area contributed by atoms with Gasteiger partial charge in [0.2, 0.25) is 0 Å². The van der Waals surface area contributed by atoms with Crippen molar-refractivity contribution in [3.05, 3.63) is 121 Å². The van der Waals surface area contributed by atoms with Crippen molar-refractivity contribution in [3.8, 4) is 33.4 Å². The van der Waals surface area contributed by atoms with Gasteiger partial charge in [0.15, 0.2) is 0 Å². The van der Waals surface area contributed by atoms with E-state index in [0.29, 0.717) is 0 Å². The molecule has 0 amide bonds. The molecule has 0 unspecified atom stereocenters. The largest absolute Gasteiger partial charge is 0.135 e. The predicted molar refractivity (Wildman–Crippen MR) is 136 cm³/mol. The van der Waals surface area contributed by atoms with Crippen molar-refractivity contribution in [1.29, 1.82) is 0 Å². The molecular weight excluding hydrogens is 392 g/mol. The number of hydrogen-bond acceptors (Lipinski definition) is 1. The highest BCUT2D eigenvalue weighted by Crippen LogP contribution is 2.41. The zero-order valence-corrected chi connectivity index (χ0v) is 17.8. The van der Waals surface area contributed by atoms with Gasteiger partial charge in [-0.25, -0.2) is 0 Å². The normalized spacial score (nSPS) is 11.2. The topological polar surface area (TPSA) is 0 Å². The average molecular weight is 413 g/mol. The Balaban J connectivity index is 1.50. The van der Waals surface area contributed by atoms with Gasteiger partial charge in [-0.3, -0.25) is 0 Å². The molecule has 0 saturated heterocycles. The molecule has 0 saturated carbocycles. The monoisotopic (exact) mass is 412 g/mol. The summed E-state index contributed by atoms with van der Waals surface area (Å²) in [4.78, 5) is 0. The molecule has 6 rings (SSSR count). The van der Waals surface area contributed by atoms with E-state index in [1.54, 1.807) is 0 Å². The lowest BCUT2D eigenvalue weighted by Crippen LogP contribution is -1.81. The van der Waals surface area contributed by atoms with Gasteiger partial charge in [-0.2, -0.15) is 0 Å². The van der Waals surface area contributed by atoms with Gasteiger partial charge in [0.25, 0.3) is 0 Å². The first-order valence-electron chi connectivity index (χ1n) is 10.5. The predicted octanol–water partition coefficient (Wildman–Crippen LogP) is 9.06. The summed E-state index contributed by atoms with van der Waals surface area (Å²) in [7, 11) is 0. The number of benzene rings is 5. The van der Waals surface area contributed by atoms with Crippen LogP contribution in [0.3, 0.4) is 0 Å². The summed E-state index contributed by atoms with van der Waals surface area (Å²) < 4.78 is 2.69. The van der Waals surface area contributed by atoms with Crippen molar-refractivity contribution in [2.75, 3.05) is 0 Å². The second-order valence-corrected chi connectivity index (χ2v) is 8.86. The summed E-state index contributed by atoms with van der Waals surface area (Å²) in [6.07, 6.45) is 0. The summed E-state index contributed by atoms with van der Waals surface area (Å²) in [6, 6.07) is 43.7. The lowest BCUT2D eigenvalue weighted by Gasteiger charge is -2.07. The first kappa shape index (κ1) is 18.1. The van der Waals surface area contributed by atoms with Crippen LogP contribution in [-0.2, 0) is 0 Å². The summed E-state index contributed by atoms with van der Waals surface area (Å²) in [5.41, 5.74) is 7.60. The van der Waals surface area contributed by atoms with E-state index in [0.717, 1.165) is 0 Å². The maximum Gasteiger partial charge on any atom is 0.0433 e. The molecule has 1 aromatic heterocycles. The maximum atomic E-state index is 2.35. The number of rotatable bonds is 3. The molecule has 1 heteroatoms. The molecule has 0 aliphatic heterocycles. The van der Waals surface area contributed by atoms with E-state index in [1.807, 2.05) is 11.3 Å². The highest BCUT2D eigenvalue weighted by atomic mass is 32.1. The minimum Gasteiger partial charge on any atom is -0.135 e. The van der Waals surface area contributed by atoms with Crippen molar-refractivity contribution in [3.63, 3.8) is 0 Å². The summed E-state index contributed by atoms with van der Waals surface area (Å²) >= 11 is 1.89. The number of fused-ring (bicyclic) bond motifs is 3. The van der Waals surface area contributed by atoms with Crippen LogP contribution in [0.5, 0.6) is 0 Å². The Kier molecular flexibility index (Phi) is 4.40. The molecule has 0 aliphatic carbocycles. The standard InChI is InChI=1S/C30H20S/c1-3-9-21(10-4-1)23-13-7-14-24(19-23)25-17-18-29-28(20-25)27-16-8-15-26(30(27)31-29)22-11-5-2-6-12-22/h1-20H. The van der Waals surface area contributed by atoms with Crippen molar-refractivity contribution >= 4 is 31.5 Å². The smallest absolute Gasteiger partial charge is 0.0433 e. The zero-order valence-electron chi connectivity index (χ0n) is 17.0. The van der Waals surface area contributed by atoms with Gasteiger partial charge in [-0.1, -0.05) is 103 Å². The molecule has 0 radical (unpaired) electrons. The molecule has 0 aliphatic rings. The van der Waals surface area contributed by atoms with E-state index < -0.39 is 0 Å². The number of thiophene rings is 1. The second-order valence-electron chi connectivity index (χ2n) is 7.81. The van der Waals surface area contributed by atoms with Crippen LogP contribution in [0.2, 0.25) is 0 Å². The lowest BCUT2D eigenvalue weighted by molar-refractivity contribution is 1.60. The molecule has 146 valence electrons. The Labute approximate surface area is 186 Å². The Hall–Kier alpha value is -3.68. The van der Waals surface area contributed by atoms with Crippen LogP contribution in [0, 0.1) is 0 Å². The Bertz CT molecular complexity index is 1510. The minimum atomic E-state index is 1.25. The SMILES string of the molecule is c1ccc(-c2cccc(-c3ccc4sc5c(-c6ccccc6)cccc5c4c3)c2)cc1. The Morgan fingerprint density at radius 3 is 1.77 bits per heavy atom. The maximum absolute atomic E-state index is 2.35. The van der Waals surface area contributed by atoms with Crippen molar-refractivity contribution in [1.82, 2.24) is 0 Å². The molecule has 0 spiro atoms. The van der Waals surface area contributed by atoms with E-state index in [1.165, 1.54) is 53.6 Å². The molecule has 0 fully saturated rings. The van der Waals surface area contributed by atoms with E-state index in [9.17, 15) is 0 Å². The highest BCUT2D eigenvalue weighted by Gasteiger charge is 2.11. The van der Waals surface area contributed by atoms with Crippen LogP contribution in [0.25, 0.3) is 53.6 Å². The van der Waals surface area contributed by atoms with Crippen LogP contribution < -0.4 is 0 Å². The third-order valence-corrected chi connectivity index (χ3v) is 7.10. The van der Waals surface area contributed by atoms with Crippen LogP contribution in [0.4, 0.5) is 0 Å². The lowest BCUT2D eigenvalue weighted by atomic mass is 9.97. The summed E-state index contributed by atoms with van der Waals surface area (Å²) in [5.74, 6) is 0. The first-order chi connectivity index (χ1) is 15.4. The fraction of sp³-hybridized carbons (Fsp3) is 0. The fourth-order valence-corrected chi connectivity index (χ4v) is 5.55. The van der Waals surface area contributed by atoms with Crippen LogP contribution in [0.1, 0.15) is 0 Å². The van der Waals surface area contributed by atoms with E-state index >= 15 is 0 Å². The molecular formula is C30H20S. The van der Waals surface area contributed by atoms with Gasteiger partial charge < -0.3 is 0 Å². The third-order valence-electron chi connectivity index (χ3n) is 5.88. The molecule has 0 nitrogen and oxygen atoms in total. The van der Waals surface area contributed by atoms with Crippen molar-refractivity contribution < 1.29 is 0 Å². The highest BCUT2D eigenvalue weighted by molar-refractivity contribution is 7.26. The minimum absolute atomic E-state index is 1.25. The zero-order chi connectivity index (χ0) is 20.6. The van der Waals surface area contributed by atoms with Crippen molar-refractivity contribution in [2.24, 2.45) is 0 Å². The Morgan fingerprint density at radius 1 is 0.387 bits per heavy atom. The van der Waals surface area contributed by atoms with Gasteiger partial charge >= 0.3 is 0 Å². The van der Waals surface area contributed by atoms with E-state index in [4.69, 9.17) is 0 Å². The van der Waals surface area contributed by atoms with E-state index in [2.05, 4.69) is 121 Å². The molecule has 31 heavy (non-hydrogen) atoms. The first-order valence-corrected chi connectivity index (χ1v) is 11.3. The van der Waals surface area contributed by atoms with E-state index in [-0.39, 0.29) is 0 Å².